The van der Waals surface area contributed by atoms with E-state index in [1.807, 2.05) is 0 Å². The van der Waals surface area contributed by atoms with Gasteiger partial charge in [-0.25, -0.2) is 4.98 Å². The van der Waals surface area contributed by atoms with Crippen molar-refractivity contribution >= 4 is 17.6 Å². The maximum atomic E-state index is 12.3. The summed E-state index contributed by atoms with van der Waals surface area (Å²) in [7, 11) is 0. The lowest BCUT2D eigenvalue weighted by Crippen LogP contribution is -2.12. The first-order chi connectivity index (χ1) is 7.23. The van der Waals surface area contributed by atoms with Gasteiger partial charge in [-0.2, -0.15) is 13.2 Å². The highest BCUT2D eigenvalue weighted by molar-refractivity contribution is 6.30. The van der Waals surface area contributed by atoms with E-state index in [0.29, 0.717) is 12.3 Å². The van der Waals surface area contributed by atoms with Gasteiger partial charge in [0, 0.05) is 11.8 Å². The van der Waals surface area contributed by atoms with Crippen LogP contribution in [0.2, 0.25) is 5.15 Å². The number of nitrogens with zero attached hydrogens (tertiary/aromatic N) is 1. The molecule has 1 aromatic rings. The van der Waals surface area contributed by atoms with Gasteiger partial charge in [-0.3, -0.25) is 4.79 Å². The van der Waals surface area contributed by atoms with Crippen LogP contribution in [0.1, 0.15) is 24.0 Å². The van der Waals surface area contributed by atoms with Crippen LogP contribution < -0.4 is 0 Å². The molecule has 0 saturated heterocycles. The van der Waals surface area contributed by atoms with Crippen molar-refractivity contribution in [2.75, 3.05) is 0 Å². The van der Waals surface area contributed by atoms with Crippen LogP contribution in [0.5, 0.6) is 0 Å². The zero-order chi connectivity index (χ0) is 12.5. The molecule has 88 valence electrons. The summed E-state index contributed by atoms with van der Waals surface area (Å²) in [6, 6.07) is 0.702. The molecular weight excluding hydrogens is 247 g/mol. The van der Waals surface area contributed by atoms with E-state index in [1.165, 1.54) is 6.92 Å². The molecule has 0 fully saturated rings. The van der Waals surface area contributed by atoms with E-state index in [1.54, 1.807) is 0 Å². The largest absolute Gasteiger partial charge is 0.481 e. The minimum Gasteiger partial charge on any atom is -0.481 e. The highest BCUT2D eigenvalue weighted by atomic mass is 35.5. The average Bonchev–Trinajstić information content (AvgIpc) is 2.15. The molecule has 0 amide bonds. The Morgan fingerprint density at radius 2 is 2.12 bits per heavy atom. The van der Waals surface area contributed by atoms with E-state index >= 15 is 0 Å². The number of aliphatic carboxylic acids is 1. The molecule has 0 saturated carbocycles. The van der Waals surface area contributed by atoms with E-state index in [9.17, 15) is 18.0 Å². The van der Waals surface area contributed by atoms with E-state index in [-0.39, 0.29) is 10.7 Å². The Hall–Kier alpha value is -1.30. The zero-order valence-electron chi connectivity index (χ0n) is 8.05. The summed E-state index contributed by atoms with van der Waals surface area (Å²) < 4.78 is 37.0. The number of carbonyl (C=O) groups is 1. The number of rotatable bonds is 2. The van der Waals surface area contributed by atoms with Gasteiger partial charge in [0.15, 0.2) is 0 Å². The number of carboxylic acid groups (broad SMARTS) is 1. The zero-order valence-corrected chi connectivity index (χ0v) is 8.80. The SMILES string of the molecule is CC(C(=O)O)c1cc(C(F)(F)F)cnc1Cl. The first-order valence-electron chi connectivity index (χ1n) is 4.19. The van der Waals surface area contributed by atoms with Crippen LogP contribution in [0.15, 0.2) is 12.3 Å². The van der Waals surface area contributed by atoms with Crippen molar-refractivity contribution in [1.29, 1.82) is 0 Å². The van der Waals surface area contributed by atoms with E-state index in [4.69, 9.17) is 16.7 Å². The fourth-order valence-electron chi connectivity index (χ4n) is 1.06. The molecule has 1 rings (SSSR count). The second-order valence-electron chi connectivity index (χ2n) is 3.16. The van der Waals surface area contributed by atoms with E-state index in [0.717, 1.165) is 0 Å². The van der Waals surface area contributed by atoms with Crippen molar-refractivity contribution in [2.24, 2.45) is 0 Å². The predicted octanol–water partition coefficient (Wildman–Crippen LogP) is 2.94. The lowest BCUT2D eigenvalue weighted by molar-refractivity contribution is -0.140. The molecule has 0 aliphatic heterocycles. The second kappa shape index (κ2) is 4.29. The molecule has 3 nitrogen and oxygen atoms in total. The Morgan fingerprint density at radius 3 is 2.56 bits per heavy atom. The summed E-state index contributed by atoms with van der Waals surface area (Å²) in [5.41, 5.74) is -1.16. The molecule has 0 aromatic carbocycles. The molecule has 0 radical (unpaired) electrons. The fourth-order valence-corrected chi connectivity index (χ4v) is 1.32. The van der Waals surface area contributed by atoms with Crippen molar-refractivity contribution in [3.63, 3.8) is 0 Å². The lowest BCUT2D eigenvalue weighted by atomic mass is 10.0. The van der Waals surface area contributed by atoms with Gasteiger partial charge >= 0.3 is 12.1 Å². The molecule has 7 heteroatoms. The summed E-state index contributed by atoms with van der Waals surface area (Å²) in [5, 5.41) is 8.45. The van der Waals surface area contributed by atoms with Gasteiger partial charge < -0.3 is 5.11 Å². The molecule has 1 N–H and O–H groups in total. The highest BCUT2D eigenvalue weighted by Crippen LogP contribution is 2.32. The Morgan fingerprint density at radius 1 is 1.56 bits per heavy atom. The molecule has 1 unspecified atom stereocenters. The van der Waals surface area contributed by atoms with Crippen molar-refractivity contribution in [3.8, 4) is 0 Å². The molecule has 1 atom stereocenters. The molecule has 0 bridgehead atoms. The Kier molecular flexibility index (Phi) is 3.42. The maximum absolute atomic E-state index is 12.3. The Bertz CT molecular complexity index is 420. The smallest absolute Gasteiger partial charge is 0.417 e. The summed E-state index contributed by atoms with van der Waals surface area (Å²) >= 11 is 5.54. The Balaban J connectivity index is 3.24. The van der Waals surface area contributed by atoms with Crippen molar-refractivity contribution in [2.45, 2.75) is 19.0 Å². The maximum Gasteiger partial charge on any atom is 0.417 e. The quantitative estimate of drug-likeness (QED) is 0.825. The standard InChI is InChI=1S/C9H7ClF3NO2/c1-4(8(15)16)6-2-5(9(11,12)13)3-14-7(6)10/h2-4H,1H3,(H,15,16). The van der Waals surface area contributed by atoms with Gasteiger partial charge in [0.1, 0.15) is 5.15 Å². The van der Waals surface area contributed by atoms with Gasteiger partial charge in [0.2, 0.25) is 0 Å². The van der Waals surface area contributed by atoms with Crippen molar-refractivity contribution in [3.05, 3.63) is 28.5 Å². The molecule has 1 heterocycles. The van der Waals surface area contributed by atoms with E-state index in [2.05, 4.69) is 4.98 Å². The third kappa shape index (κ3) is 2.63. The van der Waals surface area contributed by atoms with Crippen molar-refractivity contribution < 1.29 is 23.1 Å². The molecule has 0 spiro atoms. The van der Waals surface area contributed by atoms with Crippen LogP contribution in [0.25, 0.3) is 0 Å². The second-order valence-corrected chi connectivity index (χ2v) is 3.52. The number of halogens is 4. The minimum atomic E-state index is -4.56. The van der Waals surface area contributed by atoms with Gasteiger partial charge in [-0.15, -0.1) is 0 Å². The number of hydrogen-bond donors (Lipinski definition) is 1. The van der Waals surface area contributed by atoms with Crippen molar-refractivity contribution in [1.82, 2.24) is 4.98 Å². The number of hydrogen-bond acceptors (Lipinski definition) is 2. The van der Waals surface area contributed by atoms with Crippen LogP contribution in [0, 0.1) is 0 Å². The van der Waals surface area contributed by atoms with Gasteiger partial charge in [0.05, 0.1) is 11.5 Å². The third-order valence-electron chi connectivity index (χ3n) is 2.03. The summed E-state index contributed by atoms with van der Waals surface area (Å²) in [6.45, 7) is 1.24. The molecule has 1 aromatic heterocycles. The monoisotopic (exact) mass is 253 g/mol. The normalized spacial score (nSPS) is 13.6. The molecule has 0 aliphatic rings. The van der Waals surface area contributed by atoms with Crippen LogP contribution >= 0.6 is 11.6 Å². The topological polar surface area (TPSA) is 50.2 Å². The first kappa shape index (κ1) is 12.8. The highest BCUT2D eigenvalue weighted by Gasteiger charge is 2.32. The number of alkyl halides is 3. The van der Waals surface area contributed by atoms with Crippen LogP contribution in [-0.2, 0) is 11.0 Å². The van der Waals surface area contributed by atoms with Crippen LogP contribution in [-0.4, -0.2) is 16.1 Å². The number of aromatic nitrogens is 1. The molecule has 16 heavy (non-hydrogen) atoms. The lowest BCUT2D eigenvalue weighted by Gasteiger charge is -2.12. The van der Waals surface area contributed by atoms with Gasteiger partial charge in [0.25, 0.3) is 0 Å². The van der Waals surface area contributed by atoms with Crippen LogP contribution in [0.4, 0.5) is 13.2 Å². The van der Waals surface area contributed by atoms with Gasteiger partial charge in [-0.1, -0.05) is 11.6 Å². The summed E-state index contributed by atoms with van der Waals surface area (Å²) in [6.07, 6.45) is -4.00. The summed E-state index contributed by atoms with van der Waals surface area (Å²) in [5.74, 6) is -2.40. The minimum absolute atomic E-state index is 0.149. The average molecular weight is 254 g/mol. The summed E-state index contributed by atoms with van der Waals surface area (Å²) in [4.78, 5) is 14.0. The number of pyridine rings is 1. The first-order valence-corrected chi connectivity index (χ1v) is 4.56. The Labute approximate surface area is 93.9 Å². The molecule has 0 aliphatic carbocycles. The van der Waals surface area contributed by atoms with Gasteiger partial charge in [-0.05, 0) is 13.0 Å². The third-order valence-corrected chi connectivity index (χ3v) is 2.35. The molecular formula is C9H7ClF3NO2. The number of carboxylic acids is 1. The fraction of sp³-hybridized carbons (Fsp3) is 0.333. The van der Waals surface area contributed by atoms with E-state index < -0.39 is 23.6 Å². The predicted molar refractivity (Wildman–Crippen MR) is 50.3 cm³/mol. The van der Waals surface area contributed by atoms with Crippen LogP contribution in [0.3, 0.4) is 0 Å².